The Morgan fingerprint density at radius 3 is 2.53 bits per heavy atom. The molecule has 5 heteroatoms. The molecule has 98 valence electrons. The average Bonchev–Trinajstić information content (AvgIpc) is 2.41. The first kappa shape index (κ1) is 13.5. The Balaban J connectivity index is 2.01. The first-order chi connectivity index (χ1) is 9.06. The van der Waals surface area contributed by atoms with Crippen molar-refractivity contribution in [2.75, 3.05) is 0 Å². The van der Waals surface area contributed by atoms with Gasteiger partial charge in [0.15, 0.2) is 0 Å². The minimum Gasteiger partial charge on any atom is -0.508 e. The van der Waals surface area contributed by atoms with Gasteiger partial charge in [0, 0.05) is 12.1 Å². The summed E-state index contributed by atoms with van der Waals surface area (Å²) in [6, 6.07) is 10.6. The first-order valence-corrected chi connectivity index (χ1v) is 6.37. The van der Waals surface area contributed by atoms with Gasteiger partial charge < -0.3 is 10.4 Å². The average molecular weight is 324 g/mol. The zero-order valence-corrected chi connectivity index (χ0v) is 11.4. The maximum Gasteiger partial charge on any atom is 0.251 e. The van der Waals surface area contributed by atoms with Crippen LogP contribution in [0.15, 0.2) is 46.9 Å². The van der Waals surface area contributed by atoms with Crippen LogP contribution in [0.3, 0.4) is 0 Å². The van der Waals surface area contributed by atoms with Gasteiger partial charge in [-0.25, -0.2) is 4.39 Å². The molecule has 2 N–H and O–H groups in total. The molecule has 2 rings (SSSR count). The van der Waals surface area contributed by atoms with Crippen LogP contribution in [-0.2, 0) is 6.54 Å². The molecule has 0 atom stereocenters. The minimum absolute atomic E-state index is 0.178. The molecule has 3 nitrogen and oxygen atoms in total. The molecule has 0 aliphatic heterocycles. The van der Waals surface area contributed by atoms with E-state index in [1.54, 1.807) is 24.3 Å². The number of nitrogens with one attached hydrogen (secondary N) is 1. The van der Waals surface area contributed by atoms with Gasteiger partial charge >= 0.3 is 0 Å². The van der Waals surface area contributed by atoms with Gasteiger partial charge in [0.05, 0.1) is 4.47 Å². The lowest BCUT2D eigenvalue weighted by Gasteiger charge is -2.06. The second kappa shape index (κ2) is 5.84. The summed E-state index contributed by atoms with van der Waals surface area (Å²) in [5.41, 5.74) is 1.25. The van der Waals surface area contributed by atoms with Gasteiger partial charge in [-0.05, 0) is 51.8 Å². The predicted molar refractivity (Wildman–Crippen MR) is 73.4 cm³/mol. The van der Waals surface area contributed by atoms with E-state index in [-0.39, 0.29) is 16.1 Å². The van der Waals surface area contributed by atoms with Crippen molar-refractivity contribution >= 4 is 21.8 Å². The Kier molecular flexibility index (Phi) is 4.16. The van der Waals surface area contributed by atoms with Crippen molar-refractivity contribution < 1.29 is 14.3 Å². The van der Waals surface area contributed by atoms with Crippen molar-refractivity contribution in [2.24, 2.45) is 0 Å². The van der Waals surface area contributed by atoms with Crippen molar-refractivity contribution in [3.63, 3.8) is 0 Å². The molecule has 0 spiro atoms. The summed E-state index contributed by atoms with van der Waals surface area (Å²) in [6.07, 6.45) is 0. The van der Waals surface area contributed by atoms with Crippen LogP contribution in [0.1, 0.15) is 15.9 Å². The molecule has 2 aromatic rings. The molecule has 0 saturated heterocycles. The van der Waals surface area contributed by atoms with Crippen LogP contribution in [0.2, 0.25) is 0 Å². The Morgan fingerprint density at radius 2 is 1.89 bits per heavy atom. The van der Waals surface area contributed by atoms with Crippen LogP contribution >= 0.6 is 15.9 Å². The van der Waals surface area contributed by atoms with Crippen LogP contribution in [0.25, 0.3) is 0 Å². The number of amides is 1. The monoisotopic (exact) mass is 323 g/mol. The largest absolute Gasteiger partial charge is 0.508 e. The molecule has 0 saturated carbocycles. The number of carbonyl (C=O) groups excluding carboxylic acids is 1. The van der Waals surface area contributed by atoms with Gasteiger partial charge in [0.2, 0.25) is 0 Å². The van der Waals surface area contributed by atoms with E-state index in [1.807, 2.05) is 0 Å². The maximum absolute atomic E-state index is 13.0. The summed E-state index contributed by atoms with van der Waals surface area (Å²) in [7, 11) is 0. The summed E-state index contributed by atoms with van der Waals surface area (Å²) in [5, 5.41) is 11.9. The Bertz CT molecular complexity index is 599. The molecule has 0 radical (unpaired) electrons. The standard InChI is InChI=1S/C14H11BrFNO2/c15-12-7-10(3-6-13(12)16)14(19)17-8-9-1-4-11(18)5-2-9/h1-7,18H,8H2,(H,17,19). The molecule has 0 heterocycles. The number of hydrogen-bond acceptors (Lipinski definition) is 2. The number of rotatable bonds is 3. The molecular weight excluding hydrogens is 313 g/mol. The number of aromatic hydroxyl groups is 1. The number of phenolic OH excluding ortho intramolecular Hbond substituents is 1. The highest BCUT2D eigenvalue weighted by molar-refractivity contribution is 9.10. The van der Waals surface area contributed by atoms with Crippen LogP contribution < -0.4 is 5.32 Å². The second-order valence-corrected chi connectivity index (χ2v) is 4.83. The SMILES string of the molecule is O=C(NCc1ccc(O)cc1)c1ccc(F)c(Br)c1. The highest BCUT2D eigenvalue weighted by atomic mass is 79.9. The van der Waals surface area contributed by atoms with Crippen LogP contribution in [0.4, 0.5) is 4.39 Å². The smallest absolute Gasteiger partial charge is 0.251 e. The lowest BCUT2D eigenvalue weighted by Crippen LogP contribution is -2.22. The van der Waals surface area contributed by atoms with Crippen molar-refractivity contribution in [1.82, 2.24) is 5.32 Å². The summed E-state index contributed by atoms with van der Waals surface area (Å²) in [5.74, 6) is -0.513. The predicted octanol–water partition coefficient (Wildman–Crippen LogP) is 3.22. The fraction of sp³-hybridized carbons (Fsp3) is 0.0714. The fourth-order valence-corrected chi connectivity index (χ4v) is 1.91. The molecule has 0 aromatic heterocycles. The third-order valence-electron chi connectivity index (χ3n) is 2.57. The number of hydrogen-bond donors (Lipinski definition) is 2. The molecule has 0 bridgehead atoms. The Labute approximate surface area is 118 Å². The van der Waals surface area contributed by atoms with Crippen molar-refractivity contribution in [3.05, 3.63) is 63.9 Å². The first-order valence-electron chi connectivity index (χ1n) is 5.57. The van der Waals surface area contributed by atoms with Gasteiger partial charge in [-0.3, -0.25) is 4.79 Å². The van der Waals surface area contributed by atoms with E-state index in [1.165, 1.54) is 18.2 Å². The topological polar surface area (TPSA) is 49.3 Å². The summed E-state index contributed by atoms with van der Waals surface area (Å²) in [4.78, 5) is 11.8. The van der Waals surface area contributed by atoms with Gasteiger partial charge in [-0.15, -0.1) is 0 Å². The van der Waals surface area contributed by atoms with E-state index in [2.05, 4.69) is 21.2 Å². The van der Waals surface area contributed by atoms with Crippen molar-refractivity contribution in [1.29, 1.82) is 0 Å². The molecule has 1 amide bonds. The quantitative estimate of drug-likeness (QED) is 0.911. The number of benzene rings is 2. The number of carbonyl (C=O) groups is 1. The highest BCUT2D eigenvalue weighted by Crippen LogP contribution is 2.17. The zero-order chi connectivity index (χ0) is 13.8. The molecule has 2 aromatic carbocycles. The van der Waals surface area contributed by atoms with E-state index in [4.69, 9.17) is 5.11 Å². The fourth-order valence-electron chi connectivity index (χ4n) is 1.54. The second-order valence-electron chi connectivity index (χ2n) is 3.98. The summed E-state index contributed by atoms with van der Waals surface area (Å²) >= 11 is 3.04. The van der Waals surface area contributed by atoms with Crippen LogP contribution in [0.5, 0.6) is 5.75 Å². The third kappa shape index (κ3) is 3.54. The van der Waals surface area contributed by atoms with Crippen LogP contribution in [-0.4, -0.2) is 11.0 Å². The minimum atomic E-state index is -0.407. The van der Waals surface area contributed by atoms with E-state index < -0.39 is 5.82 Å². The van der Waals surface area contributed by atoms with Gasteiger partial charge in [-0.1, -0.05) is 12.1 Å². The normalized spacial score (nSPS) is 10.2. The van der Waals surface area contributed by atoms with Gasteiger partial charge in [-0.2, -0.15) is 0 Å². The molecule has 19 heavy (non-hydrogen) atoms. The van der Waals surface area contributed by atoms with E-state index in [9.17, 15) is 9.18 Å². The Hall–Kier alpha value is -1.88. The molecule has 0 aliphatic rings. The van der Waals surface area contributed by atoms with E-state index in [0.29, 0.717) is 12.1 Å². The van der Waals surface area contributed by atoms with Gasteiger partial charge in [0.25, 0.3) is 5.91 Å². The summed E-state index contributed by atoms with van der Waals surface area (Å²) in [6.45, 7) is 0.341. The molecule has 0 fully saturated rings. The number of phenols is 1. The van der Waals surface area contributed by atoms with E-state index in [0.717, 1.165) is 5.56 Å². The molecular formula is C14H11BrFNO2. The van der Waals surface area contributed by atoms with Crippen molar-refractivity contribution in [3.8, 4) is 5.75 Å². The van der Waals surface area contributed by atoms with E-state index >= 15 is 0 Å². The Morgan fingerprint density at radius 1 is 1.21 bits per heavy atom. The lowest BCUT2D eigenvalue weighted by molar-refractivity contribution is 0.0951. The van der Waals surface area contributed by atoms with Crippen molar-refractivity contribution in [2.45, 2.75) is 6.54 Å². The molecule has 0 unspecified atom stereocenters. The zero-order valence-electron chi connectivity index (χ0n) is 9.86. The highest BCUT2D eigenvalue weighted by Gasteiger charge is 2.08. The third-order valence-corrected chi connectivity index (χ3v) is 3.18. The number of halogens is 2. The molecule has 0 aliphatic carbocycles. The van der Waals surface area contributed by atoms with Gasteiger partial charge in [0.1, 0.15) is 11.6 Å². The van der Waals surface area contributed by atoms with Crippen LogP contribution in [0, 0.1) is 5.82 Å². The lowest BCUT2D eigenvalue weighted by atomic mass is 10.2. The summed E-state index contributed by atoms with van der Waals surface area (Å²) < 4.78 is 13.3. The maximum atomic E-state index is 13.0.